The van der Waals surface area contributed by atoms with Crippen LogP contribution in [0.2, 0.25) is 0 Å². The second-order valence-corrected chi connectivity index (χ2v) is 18.8. The van der Waals surface area contributed by atoms with E-state index >= 15 is 0 Å². The first kappa shape index (κ1) is 36.2. The van der Waals surface area contributed by atoms with Crippen LogP contribution in [0.4, 0.5) is 0 Å². The van der Waals surface area contributed by atoms with Crippen LogP contribution in [0.3, 0.4) is 0 Å². The zero-order chi connectivity index (χ0) is 38.0. The van der Waals surface area contributed by atoms with Gasteiger partial charge in [0, 0.05) is 47.7 Å². The third kappa shape index (κ3) is 6.39. The maximum absolute atomic E-state index is 14.7. The standard InChI is InChI=1S/C43H52N6O5S/c1-27(2)55(52,53)45-42(50)29-14-16-36-38(23-29)48-25-31(21-30-22-34(54-3)15-17-35(30)41(48)39(36)28-9-5-4-6-10-28)40-37(24-44-49(40)32-11-7-12-32)43(51)47-20-19-46-18-8-13-33(46)26-47/h14-17,21-24,27-28,32-33H,4-13,18-20,25-26H2,1-3H3,(H,45,50)/t33-/m0/s1. The molecule has 2 aromatic carbocycles. The molecule has 3 aliphatic heterocycles. The van der Waals surface area contributed by atoms with Crippen LogP contribution in [-0.2, 0) is 16.6 Å². The van der Waals surface area contributed by atoms with Crippen LogP contribution < -0.4 is 9.46 Å². The first-order chi connectivity index (χ1) is 26.6. The molecule has 2 saturated carbocycles. The summed E-state index contributed by atoms with van der Waals surface area (Å²) in [5.41, 5.74) is 8.11. The highest BCUT2D eigenvalue weighted by molar-refractivity contribution is 7.90. The van der Waals surface area contributed by atoms with E-state index in [1.165, 1.54) is 18.4 Å². The normalized spacial score (nSPS) is 20.8. The van der Waals surface area contributed by atoms with Gasteiger partial charge >= 0.3 is 0 Å². The minimum Gasteiger partial charge on any atom is -0.497 e. The van der Waals surface area contributed by atoms with Crippen LogP contribution in [-0.4, -0.2) is 89.0 Å². The Kier molecular flexibility index (Phi) is 9.39. The highest BCUT2D eigenvalue weighted by atomic mass is 32.2. The number of sulfonamides is 1. The van der Waals surface area contributed by atoms with Crippen molar-refractivity contribution in [3.8, 4) is 17.0 Å². The largest absolute Gasteiger partial charge is 0.497 e. The van der Waals surface area contributed by atoms with Crippen LogP contribution in [0.5, 0.6) is 5.75 Å². The van der Waals surface area contributed by atoms with Crippen molar-refractivity contribution in [1.82, 2.24) is 28.9 Å². The van der Waals surface area contributed by atoms with Gasteiger partial charge in [0.1, 0.15) is 5.75 Å². The maximum atomic E-state index is 14.7. The summed E-state index contributed by atoms with van der Waals surface area (Å²) in [4.78, 5) is 32.8. The number of nitrogens with zero attached hydrogens (tertiary/aromatic N) is 5. The van der Waals surface area contributed by atoms with Crippen molar-refractivity contribution in [3.05, 3.63) is 70.5 Å². The van der Waals surface area contributed by atoms with Crippen molar-refractivity contribution < 1.29 is 22.7 Å². The summed E-state index contributed by atoms with van der Waals surface area (Å²) < 4.78 is 38.1. The van der Waals surface area contributed by atoms with Gasteiger partial charge < -0.3 is 14.2 Å². The Morgan fingerprint density at radius 1 is 0.891 bits per heavy atom. The van der Waals surface area contributed by atoms with E-state index in [2.05, 4.69) is 37.1 Å². The molecule has 5 heterocycles. The number of aromatic nitrogens is 3. The van der Waals surface area contributed by atoms with Crippen molar-refractivity contribution in [3.63, 3.8) is 0 Å². The lowest BCUT2D eigenvalue weighted by molar-refractivity contribution is 0.0570. The molecule has 4 fully saturated rings. The van der Waals surface area contributed by atoms with Gasteiger partial charge in [-0.3, -0.25) is 19.2 Å². The molecule has 2 saturated heterocycles. The Morgan fingerprint density at radius 2 is 1.69 bits per heavy atom. The molecule has 290 valence electrons. The Balaban J connectivity index is 1.23. The smallest absolute Gasteiger partial charge is 0.264 e. The second kappa shape index (κ2) is 14.3. The number of ether oxygens (including phenoxy) is 1. The SMILES string of the molecule is COc1ccc2c(c1)C=C(c1c(C(=O)N3CCN4CCC[C@H]4C3)cnn1C1CCC1)Cn1c-2c(C2CCCCC2)c2ccc(C(=O)NS(=O)(=O)C(C)C)cc21. The van der Waals surface area contributed by atoms with Gasteiger partial charge in [-0.2, -0.15) is 5.10 Å². The first-order valence-electron chi connectivity index (χ1n) is 20.3. The molecule has 55 heavy (non-hydrogen) atoms. The monoisotopic (exact) mass is 764 g/mol. The third-order valence-electron chi connectivity index (χ3n) is 13.0. The summed E-state index contributed by atoms with van der Waals surface area (Å²) in [6.45, 7) is 7.02. The number of nitrogens with one attached hydrogen (secondary N) is 1. The number of rotatable bonds is 8. The van der Waals surface area contributed by atoms with Crippen molar-refractivity contribution in [2.75, 3.05) is 33.3 Å². The van der Waals surface area contributed by atoms with Crippen molar-refractivity contribution in [2.45, 2.75) is 108 Å². The molecule has 1 N–H and O–H groups in total. The summed E-state index contributed by atoms with van der Waals surface area (Å²) in [5.74, 6) is 0.478. The summed E-state index contributed by atoms with van der Waals surface area (Å²) >= 11 is 0. The maximum Gasteiger partial charge on any atom is 0.264 e. The van der Waals surface area contributed by atoms with Crippen LogP contribution in [0, 0.1) is 0 Å². The fourth-order valence-electron chi connectivity index (χ4n) is 9.73. The predicted octanol–water partition coefficient (Wildman–Crippen LogP) is 7.23. The van der Waals surface area contributed by atoms with Gasteiger partial charge in [0.25, 0.3) is 11.8 Å². The number of methoxy groups -OCH3 is 1. The topological polar surface area (TPSA) is 119 Å². The number of hydrogen-bond acceptors (Lipinski definition) is 7. The minimum absolute atomic E-state index is 0.0361. The van der Waals surface area contributed by atoms with E-state index in [9.17, 15) is 18.0 Å². The molecule has 0 radical (unpaired) electrons. The van der Waals surface area contributed by atoms with Crippen molar-refractivity contribution in [1.29, 1.82) is 0 Å². The summed E-state index contributed by atoms with van der Waals surface area (Å²) in [6, 6.07) is 12.5. The zero-order valence-corrected chi connectivity index (χ0v) is 33.0. The molecule has 2 amide bonds. The van der Waals surface area contributed by atoms with Gasteiger partial charge in [0.2, 0.25) is 10.0 Å². The fraction of sp³-hybridized carbons (Fsp3) is 0.512. The fourth-order valence-corrected chi connectivity index (χ4v) is 10.3. The number of fused-ring (bicyclic) bond motifs is 6. The van der Waals surface area contributed by atoms with Crippen LogP contribution in [0.25, 0.3) is 33.8 Å². The van der Waals surface area contributed by atoms with E-state index in [0.717, 1.165) is 116 Å². The van der Waals surface area contributed by atoms with Gasteiger partial charge in [0.15, 0.2) is 0 Å². The molecule has 2 aliphatic carbocycles. The molecule has 11 nitrogen and oxygen atoms in total. The highest BCUT2D eigenvalue weighted by Gasteiger charge is 2.37. The summed E-state index contributed by atoms with van der Waals surface area (Å²) in [6.07, 6.45) is 15.2. The number of allylic oxidation sites excluding steroid dienone is 1. The van der Waals surface area contributed by atoms with E-state index in [0.29, 0.717) is 36.2 Å². The number of benzene rings is 2. The lowest BCUT2D eigenvalue weighted by Crippen LogP contribution is -2.52. The molecule has 12 heteroatoms. The van der Waals surface area contributed by atoms with Crippen LogP contribution in [0.15, 0.2) is 42.6 Å². The molecule has 1 atom stereocenters. The average Bonchev–Trinajstić information content (AvgIpc) is 3.87. The zero-order valence-electron chi connectivity index (χ0n) is 32.2. The Labute approximate surface area is 323 Å². The van der Waals surface area contributed by atoms with E-state index in [-0.39, 0.29) is 11.9 Å². The molecule has 4 aromatic rings. The van der Waals surface area contributed by atoms with Crippen molar-refractivity contribution in [2.24, 2.45) is 0 Å². The van der Waals surface area contributed by atoms with Gasteiger partial charge in [0.05, 0.1) is 48.1 Å². The summed E-state index contributed by atoms with van der Waals surface area (Å²) in [5, 5.41) is 5.30. The average molecular weight is 765 g/mol. The lowest BCUT2D eigenvalue weighted by atomic mass is 9.81. The predicted molar refractivity (Wildman–Crippen MR) is 215 cm³/mol. The summed E-state index contributed by atoms with van der Waals surface area (Å²) in [7, 11) is -2.15. The first-order valence-corrected chi connectivity index (χ1v) is 21.9. The lowest BCUT2D eigenvalue weighted by Gasteiger charge is -2.37. The van der Waals surface area contributed by atoms with Gasteiger partial charge in [-0.05, 0) is 124 Å². The minimum atomic E-state index is -3.83. The van der Waals surface area contributed by atoms with Crippen molar-refractivity contribution >= 4 is 44.4 Å². The van der Waals surface area contributed by atoms with E-state index in [1.807, 2.05) is 23.1 Å². The quantitative estimate of drug-likeness (QED) is 0.201. The van der Waals surface area contributed by atoms with E-state index < -0.39 is 21.2 Å². The van der Waals surface area contributed by atoms with Crippen LogP contribution in [0.1, 0.15) is 128 Å². The number of amides is 2. The molecule has 0 bridgehead atoms. The van der Waals surface area contributed by atoms with Crippen LogP contribution >= 0.6 is 0 Å². The molecule has 0 spiro atoms. The van der Waals surface area contributed by atoms with E-state index in [4.69, 9.17) is 9.84 Å². The Hall–Kier alpha value is -4.42. The van der Waals surface area contributed by atoms with Gasteiger partial charge in [-0.15, -0.1) is 0 Å². The molecule has 2 aromatic heterocycles. The number of carbonyl (C=O) groups is 2. The number of hydrogen-bond donors (Lipinski definition) is 1. The molecule has 5 aliphatic rings. The highest BCUT2D eigenvalue weighted by Crippen LogP contribution is 2.48. The molecular weight excluding hydrogens is 713 g/mol. The second-order valence-electron chi connectivity index (χ2n) is 16.6. The van der Waals surface area contributed by atoms with Gasteiger partial charge in [-0.1, -0.05) is 25.3 Å². The molecule has 0 unspecified atom stereocenters. The van der Waals surface area contributed by atoms with E-state index in [1.54, 1.807) is 33.2 Å². The third-order valence-corrected chi connectivity index (χ3v) is 14.7. The van der Waals surface area contributed by atoms with Gasteiger partial charge in [-0.25, -0.2) is 13.1 Å². The number of piperazine rings is 1. The Morgan fingerprint density at radius 3 is 2.44 bits per heavy atom. The Bertz CT molecular complexity index is 2310. The molecule has 9 rings (SSSR count). The molecular formula is C43H52N6O5S. The number of carbonyl (C=O) groups excluding carboxylic acids is 2.